The van der Waals surface area contributed by atoms with Crippen molar-refractivity contribution in [1.29, 1.82) is 0 Å². The van der Waals surface area contributed by atoms with Crippen molar-refractivity contribution in [1.82, 2.24) is 9.71 Å². The second kappa shape index (κ2) is 14.5. The molecule has 1 aromatic heterocycles. The van der Waals surface area contributed by atoms with Crippen molar-refractivity contribution in [2.24, 2.45) is 5.92 Å². The van der Waals surface area contributed by atoms with Gasteiger partial charge in [-0.25, -0.2) is 9.78 Å². The first-order valence-electron chi connectivity index (χ1n) is 15.6. The Balaban J connectivity index is 1.45. The Morgan fingerprint density at radius 2 is 1.57 bits per heavy atom. The predicted molar refractivity (Wildman–Crippen MR) is 179 cm³/mol. The Morgan fingerprint density at radius 1 is 0.955 bits per heavy atom. The Hall–Kier alpha value is -2.85. The Bertz CT molecular complexity index is 1320. The van der Waals surface area contributed by atoms with E-state index in [0.717, 1.165) is 37.8 Å². The Kier molecular flexibility index (Phi) is 11.2. The monoisotopic (exact) mass is 636 g/mol. The molecule has 1 aliphatic carbocycles. The molecule has 0 bridgehead atoms. The third-order valence-corrected chi connectivity index (χ3v) is 14.1. The first-order chi connectivity index (χ1) is 20.8. The molecule has 0 saturated heterocycles. The maximum atomic E-state index is 13.1. The number of amides is 1. The smallest absolute Gasteiger partial charge is 0.449 e. The van der Waals surface area contributed by atoms with Gasteiger partial charge in [-0.05, 0) is 80.8 Å². The third-order valence-electron chi connectivity index (χ3n) is 8.01. The van der Waals surface area contributed by atoms with E-state index in [0.29, 0.717) is 23.3 Å². The van der Waals surface area contributed by atoms with Gasteiger partial charge >= 0.3 is 6.09 Å². The topological polar surface area (TPSA) is 92.7 Å². The highest BCUT2D eigenvalue weighted by Crippen LogP contribution is 2.38. The van der Waals surface area contributed by atoms with E-state index < -0.39 is 31.4 Å². The summed E-state index contributed by atoms with van der Waals surface area (Å²) in [4.78, 5) is 17.2. The van der Waals surface area contributed by atoms with E-state index in [9.17, 15) is 9.35 Å². The van der Waals surface area contributed by atoms with Crippen molar-refractivity contribution in [2.75, 3.05) is 6.61 Å². The van der Waals surface area contributed by atoms with Crippen molar-refractivity contribution in [3.8, 4) is 5.88 Å². The summed E-state index contributed by atoms with van der Waals surface area (Å²) in [6.07, 6.45) is 4.04. The number of benzene rings is 2. The molecule has 4 rings (SSSR count). The molecule has 1 saturated carbocycles. The van der Waals surface area contributed by atoms with Gasteiger partial charge in [0.25, 0.3) is 14.2 Å². The van der Waals surface area contributed by atoms with E-state index in [4.69, 9.17) is 13.9 Å². The van der Waals surface area contributed by atoms with E-state index in [1.807, 2.05) is 6.92 Å². The Morgan fingerprint density at radius 3 is 2.14 bits per heavy atom. The van der Waals surface area contributed by atoms with Gasteiger partial charge in [0, 0.05) is 18.4 Å². The van der Waals surface area contributed by atoms with Crippen LogP contribution in [0.3, 0.4) is 0 Å². The van der Waals surface area contributed by atoms with Crippen LogP contribution >= 0.6 is 0 Å². The van der Waals surface area contributed by atoms with Gasteiger partial charge in [0.15, 0.2) is 0 Å². The average molecular weight is 637 g/mol. The van der Waals surface area contributed by atoms with Crippen LogP contribution < -0.4 is 19.8 Å². The highest BCUT2D eigenvalue weighted by Gasteiger charge is 2.50. The number of hydrogen-bond donors (Lipinski definition) is 1. The second-order valence-corrected chi connectivity index (χ2v) is 19.2. The lowest BCUT2D eigenvalue weighted by Gasteiger charge is -2.43. The average Bonchev–Trinajstić information content (AvgIpc) is 2.95. The number of ether oxygens (including phenoxy) is 2. The van der Waals surface area contributed by atoms with Gasteiger partial charge in [0.05, 0.1) is 0 Å². The number of carbonyl (C=O) groups is 1. The molecule has 3 atom stereocenters. The quantitative estimate of drug-likeness (QED) is 0.194. The molecule has 1 N–H and O–H groups in total. The standard InChI is InChI=1S/C35H48N2O5SSi/c1-26-21-22-31(43(39)37-33(38)42-34(2,3)4)32(36-26)41-28-16-14-15-27(25-28)23-24-40-44(35(5,6)7,29-17-10-8-11-18-29)30-19-12-9-13-20-30/h8-13,17-22,27-28H,14-16,23-25H2,1-7H3,(H,37,38)/t27-,28-,43+/m0/s1. The zero-order valence-electron chi connectivity index (χ0n) is 27.2. The van der Waals surface area contributed by atoms with Gasteiger partial charge in [-0.1, -0.05) is 87.9 Å². The van der Waals surface area contributed by atoms with Crippen LogP contribution in [0, 0.1) is 12.8 Å². The van der Waals surface area contributed by atoms with E-state index >= 15 is 0 Å². The van der Waals surface area contributed by atoms with Crippen LogP contribution in [0.1, 0.15) is 79.3 Å². The van der Waals surface area contributed by atoms with Gasteiger partial charge in [-0.15, -0.1) is 4.72 Å². The van der Waals surface area contributed by atoms with Crippen molar-refractivity contribution in [2.45, 2.75) is 102 Å². The highest BCUT2D eigenvalue weighted by atomic mass is 32.2. The summed E-state index contributed by atoms with van der Waals surface area (Å²) < 4.78 is 34.4. The minimum absolute atomic E-state index is 0.0619. The summed E-state index contributed by atoms with van der Waals surface area (Å²) in [6.45, 7) is 14.7. The molecule has 238 valence electrons. The molecule has 1 fully saturated rings. The molecular weight excluding hydrogens is 589 g/mol. The summed E-state index contributed by atoms with van der Waals surface area (Å²) in [5.41, 5.74) is 0.0565. The van der Waals surface area contributed by atoms with Crippen LogP contribution in [0.25, 0.3) is 0 Å². The number of carbonyl (C=O) groups excluding carboxylic acids is 1. The molecule has 9 heteroatoms. The first kappa shape index (κ1) is 34.0. The number of pyridine rings is 1. The molecular formula is C35H48N2O5SSi. The fourth-order valence-corrected chi connectivity index (χ4v) is 11.4. The lowest BCUT2D eigenvalue weighted by atomic mass is 9.85. The van der Waals surface area contributed by atoms with Crippen LogP contribution in [-0.2, 0) is 20.5 Å². The summed E-state index contributed by atoms with van der Waals surface area (Å²) in [5, 5.41) is 2.51. The number of aromatic nitrogens is 1. The summed E-state index contributed by atoms with van der Waals surface area (Å²) in [5.74, 6) is 0.735. The summed E-state index contributed by atoms with van der Waals surface area (Å²) in [7, 11) is -2.59. The highest BCUT2D eigenvalue weighted by molar-refractivity contribution is 7.90. The van der Waals surface area contributed by atoms with Gasteiger partial charge in [0.2, 0.25) is 4.90 Å². The fraction of sp³-hybridized carbons (Fsp3) is 0.486. The molecule has 3 aromatic rings. The number of hydrogen-bond acceptors (Lipinski definition) is 6. The van der Waals surface area contributed by atoms with E-state index in [-0.39, 0.29) is 11.1 Å². The van der Waals surface area contributed by atoms with Gasteiger partial charge in [-0.3, -0.25) is 0 Å². The lowest BCUT2D eigenvalue weighted by molar-refractivity contribution is 0.0570. The largest absolute Gasteiger partial charge is 0.588 e. The molecule has 0 aliphatic heterocycles. The first-order valence-corrected chi connectivity index (χ1v) is 18.6. The van der Waals surface area contributed by atoms with Gasteiger partial charge in [-0.2, -0.15) is 0 Å². The zero-order valence-corrected chi connectivity index (χ0v) is 29.0. The van der Waals surface area contributed by atoms with Crippen molar-refractivity contribution < 1.29 is 23.2 Å². The fourth-order valence-electron chi connectivity index (χ4n) is 6.08. The summed E-state index contributed by atoms with van der Waals surface area (Å²) >= 11 is -1.87. The number of nitrogens with zero attached hydrogens (tertiary/aromatic N) is 1. The minimum Gasteiger partial charge on any atom is -0.588 e. The van der Waals surface area contributed by atoms with Crippen LogP contribution in [0.5, 0.6) is 5.88 Å². The predicted octanol–water partition coefficient (Wildman–Crippen LogP) is 6.84. The molecule has 1 amide bonds. The maximum absolute atomic E-state index is 13.1. The normalized spacial score (nSPS) is 18.4. The third kappa shape index (κ3) is 8.65. The van der Waals surface area contributed by atoms with Crippen LogP contribution in [0.2, 0.25) is 5.04 Å². The maximum Gasteiger partial charge on any atom is 0.449 e. The molecule has 0 radical (unpaired) electrons. The SMILES string of the molecule is Cc1ccc([S@@+]([O-])NC(=O)OC(C)(C)C)c(O[C@H]2CCC[C@@H](CCO[Si](c3ccccc3)(c3ccccc3)C(C)(C)C)C2)n1. The van der Waals surface area contributed by atoms with Gasteiger partial charge < -0.3 is 18.5 Å². The Labute approximate surface area is 267 Å². The molecule has 0 spiro atoms. The molecule has 1 heterocycles. The molecule has 7 nitrogen and oxygen atoms in total. The molecule has 1 aliphatic rings. The lowest BCUT2D eigenvalue weighted by Crippen LogP contribution is -2.66. The van der Waals surface area contributed by atoms with E-state index in [1.54, 1.807) is 32.9 Å². The number of aryl methyl sites for hydroxylation is 1. The molecule has 0 unspecified atom stereocenters. The second-order valence-electron chi connectivity index (χ2n) is 13.7. The number of nitrogens with one attached hydrogen (secondary N) is 1. The van der Waals surface area contributed by atoms with Crippen molar-refractivity contribution in [3.63, 3.8) is 0 Å². The van der Waals surface area contributed by atoms with Gasteiger partial charge in [0.1, 0.15) is 23.1 Å². The van der Waals surface area contributed by atoms with Crippen molar-refractivity contribution in [3.05, 3.63) is 78.5 Å². The van der Waals surface area contributed by atoms with Crippen LogP contribution in [0.4, 0.5) is 4.79 Å². The van der Waals surface area contributed by atoms with Crippen LogP contribution in [0.15, 0.2) is 77.7 Å². The van der Waals surface area contributed by atoms with E-state index in [2.05, 4.69) is 91.1 Å². The van der Waals surface area contributed by atoms with Crippen molar-refractivity contribution >= 4 is 36.1 Å². The minimum atomic E-state index is -2.59. The van der Waals surface area contributed by atoms with E-state index in [1.165, 1.54) is 10.4 Å². The summed E-state index contributed by atoms with van der Waals surface area (Å²) in [6, 6.07) is 24.9. The number of rotatable bonds is 10. The zero-order chi connectivity index (χ0) is 32.0. The van der Waals surface area contributed by atoms with Crippen LogP contribution in [-0.4, -0.2) is 42.3 Å². The molecule has 44 heavy (non-hydrogen) atoms. The molecule has 2 aromatic carbocycles.